The van der Waals surface area contributed by atoms with Gasteiger partial charge < -0.3 is 33.6 Å². The van der Waals surface area contributed by atoms with Gasteiger partial charge in [-0.15, -0.1) is 0 Å². The van der Waals surface area contributed by atoms with Crippen LogP contribution in [0.2, 0.25) is 18.1 Å². The monoisotopic (exact) mass is 456 g/mol. The van der Waals surface area contributed by atoms with E-state index in [0.717, 1.165) is 5.56 Å². The van der Waals surface area contributed by atoms with Crippen molar-refractivity contribution in [3.63, 3.8) is 0 Å². The normalized spacial score (nSPS) is 27.0. The van der Waals surface area contributed by atoms with Gasteiger partial charge in [-0.05, 0) is 23.7 Å². The Balaban J connectivity index is 2.08. The van der Waals surface area contributed by atoms with E-state index in [9.17, 15) is 10.2 Å². The lowest BCUT2D eigenvalue weighted by Crippen LogP contribution is -2.48. The van der Waals surface area contributed by atoms with Gasteiger partial charge in [-0.25, -0.2) is 0 Å². The maximum Gasteiger partial charge on any atom is 0.191 e. The van der Waals surface area contributed by atoms with Gasteiger partial charge in [0.05, 0.1) is 25.4 Å². The summed E-state index contributed by atoms with van der Waals surface area (Å²) < 4.78 is 29.0. The van der Waals surface area contributed by atoms with Crippen molar-refractivity contribution in [1.29, 1.82) is 0 Å². The molecule has 0 radical (unpaired) electrons. The van der Waals surface area contributed by atoms with Gasteiger partial charge in [0.1, 0.15) is 19.2 Å². The largest absolute Gasteiger partial charge is 0.416 e. The third-order valence-corrected chi connectivity index (χ3v) is 11.0. The highest BCUT2D eigenvalue weighted by Crippen LogP contribution is 2.42. The number of benzene rings is 1. The molecule has 4 atom stereocenters. The third kappa shape index (κ3) is 7.07. The van der Waals surface area contributed by atoms with E-state index in [1.165, 1.54) is 0 Å². The zero-order valence-corrected chi connectivity index (χ0v) is 20.8. The van der Waals surface area contributed by atoms with Gasteiger partial charge in [0.2, 0.25) is 0 Å². The molecule has 0 heterocycles. The quantitative estimate of drug-likeness (QED) is 0.283. The second-order valence-corrected chi connectivity index (χ2v) is 14.7. The first kappa shape index (κ1) is 26.4. The third-order valence-electron chi connectivity index (χ3n) is 6.51. The molecule has 0 aliphatic heterocycles. The van der Waals surface area contributed by atoms with Gasteiger partial charge in [-0.3, -0.25) is 0 Å². The maximum atomic E-state index is 11.1. The van der Waals surface area contributed by atoms with Gasteiger partial charge in [-0.1, -0.05) is 51.1 Å². The molecule has 1 unspecified atom stereocenters. The van der Waals surface area contributed by atoms with Crippen LogP contribution in [0.15, 0.2) is 30.3 Å². The van der Waals surface area contributed by atoms with Crippen LogP contribution in [0, 0.1) is 5.92 Å². The molecule has 8 heteroatoms. The number of rotatable bonds is 12. The first-order valence-corrected chi connectivity index (χ1v) is 13.8. The van der Waals surface area contributed by atoms with Gasteiger partial charge in [0, 0.05) is 26.1 Å². The Morgan fingerprint density at radius 1 is 1.10 bits per heavy atom. The van der Waals surface area contributed by atoms with Crippen molar-refractivity contribution in [3.05, 3.63) is 35.9 Å². The van der Waals surface area contributed by atoms with Crippen LogP contribution in [-0.4, -0.2) is 70.2 Å². The van der Waals surface area contributed by atoms with E-state index >= 15 is 0 Å². The van der Waals surface area contributed by atoms with E-state index in [2.05, 4.69) is 33.9 Å². The Hall–Kier alpha value is -0.843. The van der Waals surface area contributed by atoms with E-state index in [1.54, 1.807) is 7.11 Å². The molecule has 1 saturated carbocycles. The van der Waals surface area contributed by atoms with E-state index in [0.29, 0.717) is 13.2 Å². The zero-order valence-electron chi connectivity index (χ0n) is 19.8. The fourth-order valence-corrected chi connectivity index (χ4v) is 4.59. The van der Waals surface area contributed by atoms with Crippen LogP contribution in [0.4, 0.5) is 0 Å². The highest BCUT2D eigenvalue weighted by atomic mass is 28.4. The molecule has 2 N–H and O–H groups in total. The molecule has 2 rings (SSSR count). The van der Waals surface area contributed by atoms with Crippen molar-refractivity contribution in [2.75, 3.05) is 33.9 Å². The minimum Gasteiger partial charge on any atom is -0.416 e. The second-order valence-electron chi connectivity index (χ2n) is 9.85. The molecule has 1 aromatic rings. The molecule has 7 nitrogen and oxygen atoms in total. The lowest BCUT2D eigenvalue weighted by molar-refractivity contribution is -0.180. The number of hydrogen-bond acceptors (Lipinski definition) is 7. The predicted octanol–water partition coefficient (Wildman–Crippen LogP) is 3.30. The van der Waals surface area contributed by atoms with Gasteiger partial charge in [0.15, 0.2) is 8.32 Å². The predicted molar refractivity (Wildman–Crippen MR) is 121 cm³/mol. The van der Waals surface area contributed by atoms with Crippen LogP contribution >= 0.6 is 0 Å². The number of methoxy groups -OCH3 is 1. The average Bonchev–Trinajstić information content (AvgIpc) is 2.99. The van der Waals surface area contributed by atoms with Crippen molar-refractivity contribution in [2.24, 2.45) is 5.92 Å². The maximum absolute atomic E-state index is 11.1. The molecular formula is C23H40O7Si. The number of ether oxygens (including phenoxy) is 4. The standard InChI is InChI=1S/C23H40O7Si/c1-22(2,3)31(5,6)30-14-19-20(28-16-26-4)12-23(25,15-24)21(19)29-17-27-13-18-10-8-7-9-11-18/h7-11,19-21,24-25H,12-17H2,1-6H3/t19-,20?,21+,23-/m1/s1. The van der Waals surface area contributed by atoms with E-state index in [1.807, 2.05) is 30.3 Å². The Morgan fingerprint density at radius 2 is 1.77 bits per heavy atom. The summed E-state index contributed by atoms with van der Waals surface area (Å²) in [5.74, 6) is -0.262. The summed E-state index contributed by atoms with van der Waals surface area (Å²) in [4.78, 5) is 0. The lowest BCUT2D eigenvalue weighted by Gasteiger charge is -2.38. The van der Waals surface area contributed by atoms with Crippen molar-refractivity contribution in [3.8, 4) is 0 Å². The summed E-state index contributed by atoms with van der Waals surface area (Å²) in [6.07, 6.45) is -0.803. The molecule has 0 amide bonds. The highest BCUT2D eigenvalue weighted by molar-refractivity contribution is 6.74. The van der Waals surface area contributed by atoms with E-state index in [-0.39, 0.29) is 37.1 Å². The van der Waals surface area contributed by atoms with E-state index < -0.39 is 26.6 Å². The summed E-state index contributed by atoms with van der Waals surface area (Å²) in [6, 6.07) is 9.81. The molecule has 31 heavy (non-hydrogen) atoms. The van der Waals surface area contributed by atoms with Crippen LogP contribution < -0.4 is 0 Å². The average molecular weight is 457 g/mol. The minimum atomic E-state index is -2.02. The summed E-state index contributed by atoms with van der Waals surface area (Å²) >= 11 is 0. The van der Waals surface area contributed by atoms with Crippen LogP contribution in [-0.2, 0) is 30.0 Å². The molecule has 0 aromatic heterocycles. The summed E-state index contributed by atoms with van der Waals surface area (Å²) in [5, 5.41) is 21.1. The SMILES string of the molecule is COCOC1C[C@@](O)(CO)[C@@H](OCOCc2ccccc2)[C@@H]1CO[Si](C)(C)C(C)(C)C. The minimum absolute atomic E-state index is 0.00450. The molecule has 1 aliphatic carbocycles. The molecule has 178 valence electrons. The molecule has 1 fully saturated rings. The molecule has 0 saturated heterocycles. The van der Waals surface area contributed by atoms with Gasteiger partial charge in [-0.2, -0.15) is 0 Å². The van der Waals surface area contributed by atoms with E-state index in [4.69, 9.17) is 23.4 Å². The molecule has 1 aromatic carbocycles. The van der Waals surface area contributed by atoms with Crippen molar-refractivity contribution in [1.82, 2.24) is 0 Å². The van der Waals surface area contributed by atoms with Crippen LogP contribution in [0.5, 0.6) is 0 Å². The fraction of sp³-hybridized carbons (Fsp3) is 0.739. The lowest BCUT2D eigenvalue weighted by atomic mass is 9.97. The Labute approximate surface area is 187 Å². The molecule has 0 spiro atoms. The summed E-state index contributed by atoms with van der Waals surface area (Å²) in [6.45, 7) is 11.4. The fourth-order valence-electron chi connectivity index (χ4n) is 3.55. The van der Waals surface area contributed by atoms with Crippen molar-refractivity contribution in [2.45, 2.75) is 69.7 Å². The van der Waals surface area contributed by atoms with Crippen molar-refractivity contribution >= 4 is 8.32 Å². The zero-order chi connectivity index (χ0) is 23.1. The number of aliphatic hydroxyl groups excluding tert-OH is 1. The summed E-state index contributed by atoms with van der Waals surface area (Å²) in [5.41, 5.74) is -0.398. The smallest absolute Gasteiger partial charge is 0.191 e. The van der Waals surface area contributed by atoms with Gasteiger partial charge in [0.25, 0.3) is 0 Å². The molecular weight excluding hydrogens is 416 g/mol. The van der Waals surface area contributed by atoms with Crippen LogP contribution in [0.3, 0.4) is 0 Å². The number of hydrogen-bond donors (Lipinski definition) is 2. The number of aliphatic hydroxyl groups is 2. The molecule has 1 aliphatic rings. The van der Waals surface area contributed by atoms with Crippen LogP contribution in [0.1, 0.15) is 32.8 Å². The second kappa shape index (κ2) is 11.3. The Bertz CT molecular complexity index is 649. The van der Waals surface area contributed by atoms with Crippen molar-refractivity contribution < 1.29 is 33.6 Å². The first-order chi connectivity index (χ1) is 14.5. The van der Waals surface area contributed by atoms with Gasteiger partial charge >= 0.3 is 0 Å². The molecule has 0 bridgehead atoms. The highest BCUT2D eigenvalue weighted by Gasteiger charge is 2.55. The first-order valence-electron chi connectivity index (χ1n) is 10.8. The summed E-state index contributed by atoms with van der Waals surface area (Å²) in [7, 11) is -0.464. The van der Waals surface area contributed by atoms with Crippen LogP contribution in [0.25, 0.3) is 0 Å². The topological polar surface area (TPSA) is 86.6 Å². The Morgan fingerprint density at radius 3 is 2.35 bits per heavy atom. The Kier molecular flexibility index (Phi) is 9.66.